The maximum atomic E-state index is 12.4. The van der Waals surface area contributed by atoms with Gasteiger partial charge in [0.2, 0.25) is 0 Å². The molecule has 1 aromatic carbocycles. The van der Waals surface area contributed by atoms with Gasteiger partial charge in [-0.25, -0.2) is 0 Å². The van der Waals surface area contributed by atoms with E-state index < -0.39 is 17.8 Å². The average molecular weight is 291 g/mol. The Labute approximate surface area is 112 Å². The lowest BCUT2D eigenvalue weighted by Crippen LogP contribution is -2.05. The van der Waals surface area contributed by atoms with Crippen LogP contribution in [0, 0.1) is 0 Å². The van der Waals surface area contributed by atoms with Crippen LogP contribution in [0.25, 0.3) is 0 Å². The van der Waals surface area contributed by atoms with Gasteiger partial charge >= 0.3 is 6.18 Å². The average Bonchev–Trinajstić information content (AvgIpc) is 2.75. The second kappa shape index (κ2) is 5.27. The standard InChI is InChI=1S/C13H10ClF3O2/c14-12-6-5-11(19-12)10(18)7-8-1-3-9(4-2-8)13(15,16)17/h1-6,10,18H,7H2. The molecule has 1 aromatic heterocycles. The Morgan fingerprint density at radius 1 is 1.11 bits per heavy atom. The van der Waals surface area contributed by atoms with Gasteiger partial charge < -0.3 is 9.52 Å². The van der Waals surface area contributed by atoms with Crippen LogP contribution in [0.1, 0.15) is 23.0 Å². The third-order valence-electron chi connectivity index (χ3n) is 2.63. The smallest absolute Gasteiger partial charge is 0.416 e. The number of benzene rings is 1. The van der Waals surface area contributed by atoms with E-state index in [1.54, 1.807) is 0 Å². The fourth-order valence-corrected chi connectivity index (χ4v) is 1.81. The summed E-state index contributed by atoms with van der Waals surface area (Å²) in [5.74, 6) is 0.282. The molecule has 0 bridgehead atoms. The topological polar surface area (TPSA) is 33.4 Å². The summed E-state index contributed by atoms with van der Waals surface area (Å²) in [5, 5.41) is 10.00. The fraction of sp³-hybridized carbons (Fsp3) is 0.231. The molecule has 0 amide bonds. The number of aliphatic hydroxyl groups is 1. The Morgan fingerprint density at radius 3 is 2.21 bits per heavy atom. The maximum Gasteiger partial charge on any atom is 0.416 e. The monoisotopic (exact) mass is 290 g/mol. The van der Waals surface area contributed by atoms with Crippen LogP contribution in [-0.4, -0.2) is 5.11 Å². The van der Waals surface area contributed by atoms with Gasteiger partial charge in [-0.3, -0.25) is 0 Å². The van der Waals surface area contributed by atoms with E-state index in [1.165, 1.54) is 24.3 Å². The Kier molecular flexibility index (Phi) is 3.87. The molecule has 0 radical (unpaired) electrons. The molecular weight excluding hydrogens is 281 g/mol. The molecule has 0 saturated heterocycles. The third-order valence-corrected chi connectivity index (χ3v) is 2.84. The molecule has 19 heavy (non-hydrogen) atoms. The van der Waals surface area contributed by atoms with Gasteiger partial charge in [0, 0.05) is 6.42 Å². The van der Waals surface area contributed by atoms with Crippen LogP contribution in [0.5, 0.6) is 0 Å². The molecular formula is C13H10ClF3O2. The highest BCUT2D eigenvalue weighted by Gasteiger charge is 2.30. The van der Waals surface area contributed by atoms with Gasteiger partial charge in [0.25, 0.3) is 0 Å². The summed E-state index contributed by atoms with van der Waals surface area (Å²) in [6, 6.07) is 7.64. The van der Waals surface area contributed by atoms with Crippen LogP contribution in [0.15, 0.2) is 40.8 Å². The number of alkyl halides is 3. The third kappa shape index (κ3) is 3.52. The van der Waals surface area contributed by atoms with Crippen LogP contribution in [0.4, 0.5) is 13.2 Å². The van der Waals surface area contributed by atoms with Crippen molar-refractivity contribution in [3.8, 4) is 0 Å². The van der Waals surface area contributed by atoms with Gasteiger partial charge in [-0.05, 0) is 41.4 Å². The summed E-state index contributed by atoms with van der Waals surface area (Å²) in [7, 11) is 0. The predicted octanol–water partition coefficient (Wildman–Crippen LogP) is 4.23. The zero-order chi connectivity index (χ0) is 14.0. The van der Waals surface area contributed by atoms with E-state index in [1.807, 2.05) is 0 Å². The van der Waals surface area contributed by atoms with E-state index in [0.29, 0.717) is 5.56 Å². The Bertz CT molecular complexity index is 546. The maximum absolute atomic E-state index is 12.4. The summed E-state index contributed by atoms with van der Waals surface area (Å²) >= 11 is 5.58. The van der Waals surface area contributed by atoms with E-state index in [4.69, 9.17) is 16.0 Å². The second-order valence-corrected chi connectivity index (χ2v) is 4.43. The first kappa shape index (κ1) is 14.0. The minimum Gasteiger partial charge on any atom is -0.447 e. The number of hydrogen-bond acceptors (Lipinski definition) is 2. The summed E-state index contributed by atoms with van der Waals surface area (Å²) in [4.78, 5) is 0. The van der Waals surface area contributed by atoms with Crippen molar-refractivity contribution in [3.05, 3.63) is 58.5 Å². The quantitative estimate of drug-likeness (QED) is 0.918. The highest BCUT2D eigenvalue weighted by atomic mass is 35.5. The summed E-state index contributed by atoms with van der Waals surface area (Å²) < 4.78 is 42.1. The SMILES string of the molecule is OC(Cc1ccc(C(F)(F)F)cc1)c1ccc(Cl)o1. The number of aliphatic hydroxyl groups excluding tert-OH is 1. The van der Waals surface area contributed by atoms with Crippen molar-refractivity contribution in [2.45, 2.75) is 18.7 Å². The van der Waals surface area contributed by atoms with Gasteiger partial charge in [-0.1, -0.05) is 12.1 Å². The molecule has 1 atom stereocenters. The van der Waals surface area contributed by atoms with Crippen LogP contribution in [-0.2, 0) is 12.6 Å². The molecule has 0 aliphatic rings. The lowest BCUT2D eigenvalue weighted by molar-refractivity contribution is -0.137. The molecule has 0 aliphatic carbocycles. The van der Waals surface area contributed by atoms with Crippen molar-refractivity contribution >= 4 is 11.6 Å². The molecule has 6 heteroatoms. The number of rotatable bonds is 3. The fourth-order valence-electron chi connectivity index (χ4n) is 1.66. The second-order valence-electron chi connectivity index (χ2n) is 4.06. The molecule has 1 heterocycles. The molecule has 0 aliphatic heterocycles. The van der Waals surface area contributed by atoms with Crippen molar-refractivity contribution < 1.29 is 22.7 Å². The van der Waals surface area contributed by atoms with E-state index in [2.05, 4.69) is 0 Å². The molecule has 0 fully saturated rings. The summed E-state index contributed by atoms with van der Waals surface area (Å²) in [6.07, 6.45) is -5.14. The van der Waals surface area contributed by atoms with Crippen molar-refractivity contribution in [3.63, 3.8) is 0 Å². The number of hydrogen-bond donors (Lipinski definition) is 1. The molecule has 1 N–H and O–H groups in total. The lowest BCUT2D eigenvalue weighted by Gasteiger charge is -2.10. The molecule has 0 spiro atoms. The minimum absolute atomic E-state index is 0.154. The Morgan fingerprint density at radius 2 is 1.74 bits per heavy atom. The highest BCUT2D eigenvalue weighted by Crippen LogP contribution is 2.30. The lowest BCUT2D eigenvalue weighted by atomic mass is 10.0. The van der Waals surface area contributed by atoms with Crippen molar-refractivity contribution in [2.24, 2.45) is 0 Å². The Hall–Kier alpha value is -1.46. The Balaban J connectivity index is 2.07. The molecule has 2 rings (SSSR count). The van der Waals surface area contributed by atoms with Gasteiger partial charge in [0.05, 0.1) is 5.56 Å². The van der Waals surface area contributed by atoms with Crippen molar-refractivity contribution in [1.29, 1.82) is 0 Å². The molecule has 2 aromatic rings. The van der Waals surface area contributed by atoms with Crippen LogP contribution < -0.4 is 0 Å². The van der Waals surface area contributed by atoms with Crippen LogP contribution >= 0.6 is 11.6 Å². The van der Waals surface area contributed by atoms with E-state index in [0.717, 1.165) is 12.1 Å². The minimum atomic E-state index is -4.36. The molecule has 2 nitrogen and oxygen atoms in total. The molecule has 0 saturated carbocycles. The van der Waals surface area contributed by atoms with E-state index in [9.17, 15) is 18.3 Å². The van der Waals surface area contributed by atoms with E-state index in [-0.39, 0.29) is 17.4 Å². The van der Waals surface area contributed by atoms with Crippen LogP contribution in [0.2, 0.25) is 5.22 Å². The summed E-state index contributed by atoms with van der Waals surface area (Å²) in [5.41, 5.74) is -0.139. The van der Waals surface area contributed by atoms with Gasteiger partial charge in [0.15, 0.2) is 5.22 Å². The van der Waals surface area contributed by atoms with Gasteiger partial charge in [0.1, 0.15) is 11.9 Å². The normalized spacial score (nSPS) is 13.5. The molecule has 1 unspecified atom stereocenters. The van der Waals surface area contributed by atoms with Crippen molar-refractivity contribution in [1.82, 2.24) is 0 Å². The van der Waals surface area contributed by atoms with Gasteiger partial charge in [-0.2, -0.15) is 13.2 Å². The zero-order valence-electron chi connectivity index (χ0n) is 9.62. The largest absolute Gasteiger partial charge is 0.447 e. The van der Waals surface area contributed by atoms with E-state index >= 15 is 0 Å². The summed E-state index contributed by atoms with van der Waals surface area (Å²) in [6.45, 7) is 0. The number of furan rings is 1. The highest BCUT2D eigenvalue weighted by molar-refractivity contribution is 6.28. The predicted molar refractivity (Wildman–Crippen MR) is 63.8 cm³/mol. The first-order valence-electron chi connectivity index (χ1n) is 5.45. The van der Waals surface area contributed by atoms with Crippen LogP contribution in [0.3, 0.4) is 0 Å². The van der Waals surface area contributed by atoms with Gasteiger partial charge in [-0.15, -0.1) is 0 Å². The first-order chi connectivity index (χ1) is 8.86. The number of halogens is 4. The first-order valence-corrected chi connectivity index (χ1v) is 5.83. The molecule has 102 valence electrons. The zero-order valence-corrected chi connectivity index (χ0v) is 10.4. The van der Waals surface area contributed by atoms with Crippen molar-refractivity contribution in [2.75, 3.05) is 0 Å².